The van der Waals surface area contributed by atoms with Crippen molar-refractivity contribution in [3.05, 3.63) is 0 Å². The second-order valence-electron chi connectivity index (χ2n) is 20.3. The zero-order valence-corrected chi connectivity index (χ0v) is 37.0. The van der Waals surface area contributed by atoms with E-state index >= 15 is 0 Å². The largest absolute Gasteiger partial charge is 0.387 e. The summed E-state index contributed by atoms with van der Waals surface area (Å²) in [7, 11) is 0. The Morgan fingerprint density at radius 2 is 1.39 bits per heavy atom. The molecule has 0 amide bonds. The van der Waals surface area contributed by atoms with Crippen molar-refractivity contribution < 1.29 is 77.7 Å². The molecule has 4 saturated heterocycles. The molecule has 22 atom stereocenters. The summed E-state index contributed by atoms with van der Waals surface area (Å²) in [5.41, 5.74) is -0.288. The summed E-state index contributed by atoms with van der Waals surface area (Å²) < 4.78 is 59.9. The summed E-state index contributed by atoms with van der Waals surface area (Å²) >= 11 is 0. The molecule has 0 aromatic heterocycles. The first-order valence-electron chi connectivity index (χ1n) is 23.3. The van der Waals surface area contributed by atoms with Crippen molar-refractivity contribution in [1.82, 2.24) is 0 Å². The third-order valence-electron chi connectivity index (χ3n) is 16.8. The molecule has 4 aliphatic heterocycles. The van der Waals surface area contributed by atoms with Crippen LogP contribution in [-0.4, -0.2) is 157 Å². The van der Waals surface area contributed by atoms with Crippen LogP contribution in [0.4, 0.5) is 0 Å². The highest BCUT2D eigenvalue weighted by Gasteiger charge is 2.71. The van der Waals surface area contributed by atoms with Crippen LogP contribution in [0.1, 0.15) is 99.3 Å². The molecular formula is C45H74O16. The van der Waals surface area contributed by atoms with Gasteiger partial charge in [-0.15, -0.1) is 0 Å². The van der Waals surface area contributed by atoms with Gasteiger partial charge in [0.25, 0.3) is 0 Å². The lowest BCUT2D eigenvalue weighted by atomic mass is 9.44. The fraction of sp³-hybridized carbons (Fsp3) is 0.978. The molecule has 8 rings (SSSR count). The van der Waals surface area contributed by atoms with Crippen molar-refractivity contribution in [2.45, 2.75) is 179 Å². The Bertz CT molecular complexity index is 1480. The Labute approximate surface area is 360 Å². The van der Waals surface area contributed by atoms with E-state index < -0.39 is 67.2 Å². The molecule has 0 radical (unpaired) electrons. The van der Waals surface area contributed by atoms with Gasteiger partial charge in [0, 0.05) is 37.9 Å². The molecular weight excluding hydrogens is 796 g/mol. The number of rotatable bonds is 14. The number of carbonyl (C=O) groups excluding carboxylic acids is 1. The molecule has 16 nitrogen and oxygen atoms in total. The first kappa shape index (κ1) is 46.6. The number of ether oxygens (including phenoxy) is 10. The van der Waals surface area contributed by atoms with Crippen LogP contribution in [0.15, 0.2) is 0 Å². The molecule has 0 aromatic rings. The molecule has 0 bridgehead atoms. The van der Waals surface area contributed by atoms with Gasteiger partial charge in [-0.05, 0) is 99.2 Å². The Kier molecular flexibility index (Phi) is 14.3. The first-order chi connectivity index (χ1) is 29.2. The SMILES string of the molecule is CCOCOC[C@H]1O[C@@H](O[C@H]2[C@H](O)[C@@H](O)[C@H](O[C@H]3CC[C@@]4(C)[C@@H](CC[C@@H]5[C@@H]4C(=O)C[C@]4(C)C6C(C[C@@H]54)O[C@]4(CC[C@@H](C)CO4)C6C)C3)O[C@@H]2COCOCC)[C@H](O)[C@@H](O)[C@@H]1O. The van der Waals surface area contributed by atoms with E-state index in [1.807, 2.05) is 6.92 Å². The number of aliphatic hydroxyl groups is 5. The number of hydrogen-bond donors (Lipinski definition) is 5. The van der Waals surface area contributed by atoms with E-state index in [1.54, 1.807) is 6.92 Å². The third kappa shape index (κ3) is 8.54. The number of aliphatic hydroxyl groups excluding tert-OH is 5. The van der Waals surface area contributed by atoms with Crippen molar-refractivity contribution in [2.24, 2.45) is 52.3 Å². The molecule has 3 unspecified atom stereocenters. The Morgan fingerprint density at radius 1 is 0.721 bits per heavy atom. The summed E-state index contributed by atoms with van der Waals surface area (Å²) in [5.74, 6) is 1.94. The lowest BCUT2D eigenvalue weighted by molar-refractivity contribution is -0.366. The van der Waals surface area contributed by atoms with Gasteiger partial charge in [-0.25, -0.2) is 0 Å². The van der Waals surface area contributed by atoms with Crippen molar-refractivity contribution in [3.63, 3.8) is 0 Å². The first-order valence-corrected chi connectivity index (χ1v) is 23.3. The van der Waals surface area contributed by atoms with E-state index in [1.165, 1.54) is 0 Å². The zero-order valence-electron chi connectivity index (χ0n) is 37.0. The summed E-state index contributed by atoms with van der Waals surface area (Å²) in [6.07, 6.45) is -6.59. The predicted molar refractivity (Wildman–Crippen MR) is 214 cm³/mol. The summed E-state index contributed by atoms with van der Waals surface area (Å²) in [4.78, 5) is 14.6. The second-order valence-corrected chi connectivity index (χ2v) is 20.3. The monoisotopic (exact) mass is 870 g/mol. The van der Waals surface area contributed by atoms with E-state index in [9.17, 15) is 30.3 Å². The molecule has 4 heterocycles. The average Bonchev–Trinajstić information content (AvgIpc) is 3.68. The zero-order chi connectivity index (χ0) is 43.4. The molecule has 4 saturated carbocycles. The quantitative estimate of drug-likeness (QED) is 0.0966. The van der Waals surface area contributed by atoms with Gasteiger partial charge in [-0.1, -0.05) is 27.7 Å². The molecule has 8 fully saturated rings. The maximum absolute atomic E-state index is 14.6. The fourth-order valence-electron chi connectivity index (χ4n) is 13.6. The van der Waals surface area contributed by atoms with Gasteiger partial charge in [-0.3, -0.25) is 4.79 Å². The molecule has 8 aliphatic rings. The van der Waals surface area contributed by atoms with Crippen molar-refractivity contribution >= 4 is 5.78 Å². The Balaban J connectivity index is 0.913. The lowest BCUT2D eigenvalue weighted by Crippen LogP contribution is -2.65. The standard InChI is InChI=1S/C45H74O16/c1-7-52-21-54-19-31-35(47)36(48)38(50)42(58-31)60-40-32(20-55-22-53-8-2)59-41(39(51)37(40)49)57-26-12-13-43(5)25(15-26)9-10-27-28-16-30-33(44(28,6)17-29(46)34(27)43)24(4)45(61-30)14-11-23(3)18-56-45/h23-28,30-42,47-51H,7-22H2,1-6H3/t23-,24?,25+,26+,27+,28+,30?,31-,32-,33?,34-,35-,36+,37-,38-,39-,40-,41-,42+,43+,44+,45-/m1/s1. The number of carbonyl (C=O) groups is 1. The summed E-state index contributed by atoms with van der Waals surface area (Å²) in [6.45, 7) is 14.0. The molecule has 16 heteroatoms. The van der Waals surface area contributed by atoms with Crippen molar-refractivity contribution in [1.29, 1.82) is 0 Å². The predicted octanol–water partition coefficient (Wildman–Crippen LogP) is 2.66. The topological polar surface area (TPSA) is 211 Å². The van der Waals surface area contributed by atoms with E-state index in [0.29, 0.717) is 61.9 Å². The number of fused-ring (bicyclic) bond motifs is 7. The highest BCUT2D eigenvalue weighted by molar-refractivity contribution is 5.84. The van der Waals surface area contributed by atoms with Crippen LogP contribution in [0.5, 0.6) is 0 Å². The minimum Gasteiger partial charge on any atom is -0.387 e. The number of ketones is 1. The van der Waals surface area contributed by atoms with Crippen molar-refractivity contribution in [3.8, 4) is 0 Å². The summed E-state index contributed by atoms with van der Waals surface area (Å²) in [5, 5.41) is 55.2. The van der Waals surface area contributed by atoms with E-state index in [2.05, 4.69) is 27.7 Å². The molecule has 61 heavy (non-hydrogen) atoms. The van der Waals surface area contributed by atoms with Gasteiger partial charge in [0.15, 0.2) is 18.4 Å². The summed E-state index contributed by atoms with van der Waals surface area (Å²) in [6, 6.07) is 0. The second kappa shape index (κ2) is 18.8. The van der Waals surface area contributed by atoms with Crippen LogP contribution in [-0.2, 0) is 52.2 Å². The Hall–Kier alpha value is -0.930. The minimum absolute atomic E-state index is 0.0175. The molecule has 1 spiro atoms. The maximum atomic E-state index is 14.6. The van der Waals surface area contributed by atoms with Crippen LogP contribution in [0.2, 0.25) is 0 Å². The highest BCUT2D eigenvalue weighted by atomic mass is 16.8. The molecule has 0 aromatic carbocycles. The van der Waals surface area contributed by atoms with Gasteiger partial charge >= 0.3 is 0 Å². The maximum Gasteiger partial charge on any atom is 0.187 e. The average molecular weight is 871 g/mol. The Morgan fingerprint density at radius 3 is 2.08 bits per heavy atom. The van der Waals surface area contributed by atoms with Gasteiger partial charge in [0.1, 0.15) is 68.2 Å². The van der Waals surface area contributed by atoms with Gasteiger partial charge < -0.3 is 72.9 Å². The minimum atomic E-state index is -1.70. The van der Waals surface area contributed by atoms with Crippen LogP contribution in [0, 0.1) is 52.3 Å². The van der Waals surface area contributed by atoms with Gasteiger partial charge in [-0.2, -0.15) is 0 Å². The van der Waals surface area contributed by atoms with E-state index in [0.717, 1.165) is 45.1 Å². The van der Waals surface area contributed by atoms with Gasteiger partial charge in [0.05, 0.1) is 32.0 Å². The van der Waals surface area contributed by atoms with Crippen molar-refractivity contribution in [2.75, 3.05) is 46.6 Å². The number of Topliss-reactive ketones (excluding diaryl/α,β-unsaturated/α-hetero) is 1. The highest BCUT2D eigenvalue weighted by Crippen LogP contribution is 2.70. The molecule has 4 aliphatic carbocycles. The van der Waals surface area contributed by atoms with Crippen LogP contribution in [0.25, 0.3) is 0 Å². The van der Waals surface area contributed by atoms with Crippen LogP contribution >= 0.6 is 0 Å². The van der Waals surface area contributed by atoms with E-state index in [-0.39, 0.29) is 67.6 Å². The van der Waals surface area contributed by atoms with Crippen LogP contribution < -0.4 is 0 Å². The molecule has 350 valence electrons. The van der Waals surface area contributed by atoms with E-state index in [4.69, 9.17) is 47.4 Å². The number of hydrogen-bond acceptors (Lipinski definition) is 16. The molecule has 5 N–H and O–H groups in total. The normalized spacial score (nSPS) is 52.1. The van der Waals surface area contributed by atoms with Crippen LogP contribution in [0.3, 0.4) is 0 Å². The fourth-order valence-corrected chi connectivity index (χ4v) is 13.6. The third-order valence-corrected chi connectivity index (χ3v) is 16.8. The smallest absolute Gasteiger partial charge is 0.187 e. The lowest BCUT2D eigenvalue weighted by Gasteiger charge is -2.60. The van der Waals surface area contributed by atoms with Gasteiger partial charge in [0.2, 0.25) is 0 Å².